The Hall–Kier alpha value is -1.11. The van der Waals surface area contributed by atoms with Crippen molar-refractivity contribution in [1.82, 2.24) is 0 Å². The van der Waals surface area contributed by atoms with E-state index in [1.54, 1.807) is 6.07 Å². The van der Waals surface area contributed by atoms with Crippen LogP contribution in [0, 0.1) is 0 Å². The second-order valence-electron chi connectivity index (χ2n) is 4.46. The van der Waals surface area contributed by atoms with Gasteiger partial charge in [0.05, 0.1) is 16.9 Å². The number of hydrogen-bond donors (Lipinski definition) is 1. The molecule has 6 heteroatoms. The zero-order valence-corrected chi connectivity index (χ0v) is 12.5. The molecule has 1 aromatic rings. The summed E-state index contributed by atoms with van der Waals surface area (Å²) in [5, 5.41) is 0. The summed E-state index contributed by atoms with van der Waals surface area (Å²) in [6, 6.07) is 5.43. The van der Waals surface area contributed by atoms with E-state index in [0.29, 0.717) is 50.0 Å². The number of rotatable bonds is 7. The maximum absolute atomic E-state index is 12.3. The summed E-state index contributed by atoms with van der Waals surface area (Å²) in [7, 11) is -1.08. The Bertz CT molecular complexity index is 466. The average Bonchev–Trinajstić information content (AvgIpc) is 2.50. The topological polar surface area (TPSA) is 70.8 Å². The minimum absolute atomic E-state index is 0.0267. The van der Waals surface area contributed by atoms with Crippen LogP contribution in [-0.4, -0.2) is 42.4 Å². The van der Waals surface area contributed by atoms with E-state index in [4.69, 9.17) is 19.9 Å². The molecule has 0 aromatic heterocycles. The van der Waals surface area contributed by atoms with E-state index in [9.17, 15) is 4.21 Å². The smallest absolute Gasteiger partial charge is 0.162 e. The van der Waals surface area contributed by atoms with Crippen molar-refractivity contribution in [2.24, 2.45) is 5.73 Å². The highest BCUT2D eigenvalue weighted by atomic mass is 32.2. The van der Waals surface area contributed by atoms with E-state index in [0.717, 1.165) is 4.90 Å². The quantitative estimate of drug-likeness (QED) is 0.822. The van der Waals surface area contributed by atoms with Gasteiger partial charge in [-0.15, -0.1) is 0 Å². The molecule has 0 bridgehead atoms. The zero-order valence-electron chi connectivity index (χ0n) is 11.7. The van der Waals surface area contributed by atoms with Gasteiger partial charge in [0.1, 0.15) is 13.2 Å². The first kappa shape index (κ1) is 15.3. The molecule has 0 aliphatic carbocycles. The Morgan fingerprint density at radius 1 is 1.35 bits per heavy atom. The largest absolute Gasteiger partial charge is 0.486 e. The third kappa shape index (κ3) is 3.94. The minimum atomic E-state index is -1.08. The van der Waals surface area contributed by atoms with Gasteiger partial charge >= 0.3 is 0 Å². The van der Waals surface area contributed by atoms with E-state index in [-0.39, 0.29) is 6.10 Å². The molecule has 0 fully saturated rings. The van der Waals surface area contributed by atoms with Crippen LogP contribution >= 0.6 is 0 Å². The second-order valence-corrected chi connectivity index (χ2v) is 6.03. The standard InChI is InChI=1S/C14H21NO4S/c1-2-17-11(10-15)5-8-20(16)12-3-4-13-14(9-12)19-7-6-18-13/h3-4,9,11H,2,5-8,10,15H2,1H3. The highest BCUT2D eigenvalue weighted by Crippen LogP contribution is 2.31. The summed E-state index contributed by atoms with van der Waals surface area (Å²) in [6.07, 6.45) is 0.659. The van der Waals surface area contributed by atoms with Crippen LogP contribution in [0.4, 0.5) is 0 Å². The molecule has 1 aromatic carbocycles. The Morgan fingerprint density at radius 3 is 2.80 bits per heavy atom. The summed E-state index contributed by atoms with van der Waals surface area (Å²) in [6.45, 7) is 4.09. The first-order chi connectivity index (χ1) is 9.74. The van der Waals surface area contributed by atoms with Crippen LogP contribution in [0.5, 0.6) is 11.5 Å². The van der Waals surface area contributed by atoms with Gasteiger partial charge in [-0.05, 0) is 25.5 Å². The van der Waals surface area contributed by atoms with E-state index in [1.165, 1.54) is 0 Å². The monoisotopic (exact) mass is 299 g/mol. The number of hydrogen-bond acceptors (Lipinski definition) is 5. The van der Waals surface area contributed by atoms with E-state index < -0.39 is 10.8 Å². The molecular formula is C14H21NO4S. The van der Waals surface area contributed by atoms with Crippen molar-refractivity contribution < 1.29 is 18.4 Å². The first-order valence-electron chi connectivity index (χ1n) is 6.84. The molecule has 112 valence electrons. The summed E-state index contributed by atoms with van der Waals surface area (Å²) in [4.78, 5) is 0.751. The first-order valence-corrected chi connectivity index (χ1v) is 8.16. The number of fused-ring (bicyclic) bond motifs is 1. The molecule has 1 aliphatic rings. The summed E-state index contributed by atoms with van der Waals surface area (Å²) < 4.78 is 28.7. The number of benzene rings is 1. The maximum Gasteiger partial charge on any atom is 0.162 e. The van der Waals surface area contributed by atoms with Crippen LogP contribution in [0.3, 0.4) is 0 Å². The summed E-state index contributed by atoms with van der Waals surface area (Å²) in [5.41, 5.74) is 5.61. The average molecular weight is 299 g/mol. The minimum Gasteiger partial charge on any atom is -0.486 e. The van der Waals surface area contributed by atoms with Crippen molar-refractivity contribution in [3.8, 4) is 11.5 Å². The molecule has 1 heterocycles. The Kier molecular flexibility index (Phi) is 5.82. The predicted molar refractivity (Wildman–Crippen MR) is 77.8 cm³/mol. The molecule has 0 saturated heterocycles. The normalized spacial score (nSPS) is 16.7. The Morgan fingerprint density at radius 2 is 2.10 bits per heavy atom. The van der Waals surface area contributed by atoms with Crippen molar-refractivity contribution in [2.45, 2.75) is 24.3 Å². The molecule has 2 N–H and O–H groups in total. The van der Waals surface area contributed by atoms with Crippen LogP contribution in [0.15, 0.2) is 23.1 Å². The van der Waals surface area contributed by atoms with E-state index in [2.05, 4.69) is 0 Å². The summed E-state index contributed by atoms with van der Waals surface area (Å²) in [5.74, 6) is 1.91. The third-order valence-electron chi connectivity index (χ3n) is 3.07. The molecule has 0 spiro atoms. The van der Waals surface area contributed by atoms with Gasteiger partial charge in [-0.1, -0.05) is 0 Å². The lowest BCUT2D eigenvalue weighted by atomic mass is 10.3. The molecular weight excluding hydrogens is 278 g/mol. The lowest BCUT2D eigenvalue weighted by Crippen LogP contribution is -2.25. The van der Waals surface area contributed by atoms with Crippen molar-refractivity contribution in [3.05, 3.63) is 18.2 Å². The zero-order chi connectivity index (χ0) is 14.4. The Balaban J connectivity index is 1.95. The Labute approximate surface area is 121 Å². The van der Waals surface area contributed by atoms with E-state index >= 15 is 0 Å². The van der Waals surface area contributed by atoms with Gasteiger partial charge in [-0.25, -0.2) is 0 Å². The van der Waals surface area contributed by atoms with Gasteiger partial charge in [0, 0.05) is 29.9 Å². The number of ether oxygens (including phenoxy) is 3. The fourth-order valence-corrected chi connectivity index (χ4v) is 3.20. The van der Waals surface area contributed by atoms with Crippen LogP contribution in [0.25, 0.3) is 0 Å². The molecule has 5 nitrogen and oxygen atoms in total. The number of nitrogens with two attached hydrogens (primary N) is 1. The van der Waals surface area contributed by atoms with E-state index in [1.807, 2.05) is 19.1 Å². The lowest BCUT2D eigenvalue weighted by molar-refractivity contribution is 0.0672. The highest BCUT2D eigenvalue weighted by molar-refractivity contribution is 7.85. The van der Waals surface area contributed by atoms with Gasteiger partial charge in [0.2, 0.25) is 0 Å². The second kappa shape index (κ2) is 7.61. The molecule has 2 unspecified atom stereocenters. The highest BCUT2D eigenvalue weighted by Gasteiger charge is 2.15. The van der Waals surface area contributed by atoms with Crippen molar-refractivity contribution >= 4 is 10.8 Å². The molecule has 0 amide bonds. The van der Waals surface area contributed by atoms with Gasteiger partial charge in [-0.3, -0.25) is 4.21 Å². The van der Waals surface area contributed by atoms with Gasteiger partial charge in [0.25, 0.3) is 0 Å². The molecule has 2 atom stereocenters. The fraction of sp³-hybridized carbons (Fsp3) is 0.571. The van der Waals surface area contributed by atoms with Crippen LogP contribution in [0.1, 0.15) is 13.3 Å². The SMILES string of the molecule is CCOC(CN)CCS(=O)c1ccc2c(c1)OCCO2. The van der Waals surface area contributed by atoms with Gasteiger partial charge < -0.3 is 19.9 Å². The van der Waals surface area contributed by atoms with Crippen molar-refractivity contribution in [2.75, 3.05) is 32.1 Å². The van der Waals surface area contributed by atoms with Gasteiger partial charge in [0.15, 0.2) is 11.5 Å². The molecule has 0 saturated carbocycles. The maximum atomic E-state index is 12.3. The van der Waals surface area contributed by atoms with Crippen LogP contribution < -0.4 is 15.2 Å². The van der Waals surface area contributed by atoms with Crippen molar-refractivity contribution in [3.63, 3.8) is 0 Å². The lowest BCUT2D eigenvalue weighted by Gasteiger charge is -2.19. The summed E-state index contributed by atoms with van der Waals surface area (Å²) >= 11 is 0. The molecule has 0 radical (unpaired) electrons. The molecule has 20 heavy (non-hydrogen) atoms. The van der Waals surface area contributed by atoms with Crippen LogP contribution in [-0.2, 0) is 15.5 Å². The molecule has 2 rings (SSSR count). The third-order valence-corrected chi connectivity index (χ3v) is 4.45. The predicted octanol–water partition coefficient (Wildman–Crippen LogP) is 1.32. The van der Waals surface area contributed by atoms with Crippen molar-refractivity contribution in [1.29, 1.82) is 0 Å². The van der Waals surface area contributed by atoms with Crippen LogP contribution in [0.2, 0.25) is 0 Å². The van der Waals surface area contributed by atoms with Gasteiger partial charge in [-0.2, -0.15) is 0 Å². The molecule has 1 aliphatic heterocycles. The fourth-order valence-electron chi connectivity index (χ4n) is 2.03.